The Morgan fingerprint density at radius 1 is 1.11 bits per heavy atom. The summed E-state index contributed by atoms with van der Waals surface area (Å²) in [7, 11) is -1.71. The van der Waals surface area contributed by atoms with Gasteiger partial charge in [-0.15, -0.1) is 0 Å². The molecule has 0 spiro atoms. The van der Waals surface area contributed by atoms with Crippen molar-refractivity contribution in [1.82, 2.24) is 4.72 Å². The second kappa shape index (κ2) is 9.27. The van der Waals surface area contributed by atoms with Crippen molar-refractivity contribution in [3.8, 4) is 0 Å². The Labute approximate surface area is 165 Å². The first-order chi connectivity index (χ1) is 13.1. The molecule has 2 rings (SSSR count). The molecule has 0 saturated carbocycles. The maximum atomic E-state index is 13.3. The molecule has 2 atom stereocenters. The van der Waals surface area contributed by atoms with Crippen molar-refractivity contribution in [2.45, 2.75) is 44.3 Å². The summed E-state index contributed by atoms with van der Waals surface area (Å²) < 4.78 is 40.1. The van der Waals surface area contributed by atoms with E-state index in [0.29, 0.717) is 12.2 Å². The smallest absolute Gasteiger partial charge is 0.282 e. The van der Waals surface area contributed by atoms with Crippen LogP contribution in [0.2, 0.25) is 0 Å². The summed E-state index contributed by atoms with van der Waals surface area (Å²) >= 11 is 0. The van der Waals surface area contributed by atoms with Crippen LogP contribution < -0.4 is 14.9 Å². The molecule has 0 aliphatic carbocycles. The minimum absolute atomic E-state index is 0.140. The summed E-state index contributed by atoms with van der Waals surface area (Å²) in [5.41, 5.74) is 1.32. The van der Waals surface area contributed by atoms with Crippen LogP contribution in [0, 0.1) is 5.82 Å². The number of hydrogen-bond donors (Lipinski definition) is 3. The second-order valence-corrected chi connectivity index (χ2v) is 8.88. The van der Waals surface area contributed by atoms with Gasteiger partial charge in [0.15, 0.2) is 6.04 Å². The van der Waals surface area contributed by atoms with Crippen molar-refractivity contribution >= 4 is 21.6 Å². The lowest BCUT2D eigenvalue weighted by atomic mass is 10.2. The first-order valence-corrected chi connectivity index (χ1v) is 10.6. The summed E-state index contributed by atoms with van der Waals surface area (Å²) in [6.45, 7) is 5.78. The fourth-order valence-corrected chi connectivity index (χ4v) is 3.94. The first-order valence-electron chi connectivity index (χ1n) is 9.08. The SMILES string of the molecule is CC(C)NS(=O)(=O)c1ccc(NC(=O)[C@H](C)[NH+](C)Cc2cccc(F)c2)cc1. The Hall–Kier alpha value is -2.29. The zero-order valence-corrected chi connectivity index (χ0v) is 17.3. The van der Waals surface area contributed by atoms with Crippen LogP contribution in [0.1, 0.15) is 26.3 Å². The zero-order chi connectivity index (χ0) is 20.9. The third-order valence-electron chi connectivity index (χ3n) is 4.33. The number of rotatable bonds is 8. The molecule has 0 radical (unpaired) electrons. The van der Waals surface area contributed by atoms with Crippen LogP contribution in [0.15, 0.2) is 53.4 Å². The van der Waals surface area contributed by atoms with E-state index < -0.39 is 10.0 Å². The molecule has 0 aliphatic heterocycles. The number of likely N-dealkylation sites (N-methyl/N-ethyl adjacent to an activating group) is 1. The van der Waals surface area contributed by atoms with Crippen molar-refractivity contribution in [3.63, 3.8) is 0 Å². The Balaban J connectivity index is 1.99. The number of carbonyl (C=O) groups is 1. The standard InChI is InChI=1S/C20H26FN3O3S/c1-14(2)23-28(26,27)19-10-8-18(9-11-19)22-20(25)15(3)24(4)13-16-6-5-7-17(21)12-16/h5-12,14-15,23H,13H2,1-4H3,(H,22,25)/p+1/t15-/m0/s1. The molecular formula is C20H27FN3O3S+. The van der Waals surface area contributed by atoms with E-state index >= 15 is 0 Å². The van der Waals surface area contributed by atoms with E-state index in [1.54, 1.807) is 39.0 Å². The molecule has 0 aromatic heterocycles. The average molecular weight is 409 g/mol. The molecule has 0 fully saturated rings. The Morgan fingerprint density at radius 3 is 2.32 bits per heavy atom. The Bertz CT molecular complexity index is 915. The molecule has 1 unspecified atom stereocenters. The highest BCUT2D eigenvalue weighted by Gasteiger charge is 2.22. The molecule has 28 heavy (non-hydrogen) atoms. The monoisotopic (exact) mass is 408 g/mol. The van der Waals surface area contributed by atoms with E-state index in [1.165, 1.54) is 24.3 Å². The third-order valence-corrected chi connectivity index (χ3v) is 6.00. The Morgan fingerprint density at radius 2 is 1.75 bits per heavy atom. The highest BCUT2D eigenvalue weighted by atomic mass is 32.2. The first kappa shape index (κ1) is 22.0. The van der Waals surface area contributed by atoms with Gasteiger partial charge in [-0.3, -0.25) is 4.79 Å². The maximum Gasteiger partial charge on any atom is 0.282 e. The number of hydrogen-bond acceptors (Lipinski definition) is 3. The molecule has 0 aliphatic rings. The molecular weight excluding hydrogens is 381 g/mol. The number of nitrogens with one attached hydrogen (secondary N) is 3. The summed E-state index contributed by atoms with van der Waals surface area (Å²) in [5, 5.41) is 2.79. The van der Waals surface area contributed by atoms with Crippen molar-refractivity contribution in [2.75, 3.05) is 12.4 Å². The number of quaternary nitrogens is 1. The molecule has 0 saturated heterocycles. The topological polar surface area (TPSA) is 79.7 Å². The minimum Gasteiger partial charge on any atom is -0.324 e. The van der Waals surface area contributed by atoms with Gasteiger partial charge in [-0.1, -0.05) is 12.1 Å². The number of carbonyl (C=O) groups excluding carboxylic acids is 1. The van der Waals surface area contributed by atoms with Crippen molar-refractivity contribution in [2.24, 2.45) is 0 Å². The largest absolute Gasteiger partial charge is 0.324 e. The van der Waals surface area contributed by atoms with Crippen LogP contribution in [0.25, 0.3) is 0 Å². The quantitative estimate of drug-likeness (QED) is 0.620. The molecule has 2 aromatic rings. The molecule has 2 aromatic carbocycles. The van der Waals surface area contributed by atoms with Crippen molar-refractivity contribution < 1.29 is 22.5 Å². The molecule has 1 amide bonds. The highest BCUT2D eigenvalue weighted by molar-refractivity contribution is 7.89. The van der Waals surface area contributed by atoms with E-state index in [9.17, 15) is 17.6 Å². The highest BCUT2D eigenvalue weighted by Crippen LogP contribution is 2.14. The van der Waals surface area contributed by atoms with E-state index in [4.69, 9.17) is 0 Å². The molecule has 152 valence electrons. The van der Waals surface area contributed by atoms with Gasteiger partial charge in [-0.25, -0.2) is 17.5 Å². The van der Waals surface area contributed by atoms with Crippen LogP contribution >= 0.6 is 0 Å². The van der Waals surface area contributed by atoms with Gasteiger partial charge in [-0.2, -0.15) is 0 Å². The van der Waals surface area contributed by atoms with Crippen LogP contribution in [-0.4, -0.2) is 33.5 Å². The van der Waals surface area contributed by atoms with Gasteiger partial charge in [0.1, 0.15) is 12.4 Å². The number of sulfonamides is 1. The molecule has 8 heteroatoms. The van der Waals surface area contributed by atoms with Gasteiger partial charge < -0.3 is 10.2 Å². The molecule has 0 heterocycles. The van der Waals surface area contributed by atoms with Gasteiger partial charge in [0.25, 0.3) is 5.91 Å². The van der Waals surface area contributed by atoms with E-state index in [1.807, 2.05) is 13.1 Å². The van der Waals surface area contributed by atoms with Crippen molar-refractivity contribution in [3.05, 3.63) is 59.9 Å². The fraction of sp³-hybridized carbons (Fsp3) is 0.350. The average Bonchev–Trinajstić information content (AvgIpc) is 2.60. The van der Waals surface area contributed by atoms with Crippen LogP contribution in [0.3, 0.4) is 0 Å². The van der Waals surface area contributed by atoms with Gasteiger partial charge in [0, 0.05) is 17.3 Å². The molecule has 6 nitrogen and oxygen atoms in total. The molecule has 0 bridgehead atoms. The lowest BCUT2D eigenvalue weighted by Gasteiger charge is -2.21. The summed E-state index contributed by atoms with van der Waals surface area (Å²) in [5.74, 6) is -0.505. The summed E-state index contributed by atoms with van der Waals surface area (Å²) in [6, 6.07) is 11.7. The maximum absolute atomic E-state index is 13.3. The second-order valence-electron chi connectivity index (χ2n) is 7.16. The van der Waals surface area contributed by atoms with E-state index in [-0.39, 0.29) is 28.7 Å². The Kier molecular flexibility index (Phi) is 7.29. The normalized spacial score (nSPS) is 13.9. The summed E-state index contributed by atoms with van der Waals surface area (Å²) in [4.78, 5) is 13.5. The van der Waals surface area contributed by atoms with Gasteiger partial charge >= 0.3 is 0 Å². The lowest BCUT2D eigenvalue weighted by Crippen LogP contribution is -3.12. The van der Waals surface area contributed by atoms with Crippen molar-refractivity contribution in [1.29, 1.82) is 0 Å². The van der Waals surface area contributed by atoms with Gasteiger partial charge in [0.2, 0.25) is 10.0 Å². The van der Waals surface area contributed by atoms with Gasteiger partial charge in [0.05, 0.1) is 11.9 Å². The van der Waals surface area contributed by atoms with Crippen LogP contribution in [-0.2, 0) is 21.4 Å². The lowest BCUT2D eigenvalue weighted by molar-refractivity contribution is -0.907. The minimum atomic E-state index is -3.57. The predicted molar refractivity (Wildman–Crippen MR) is 107 cm³/mol. The zero-order valence-electron chi connectivity index (χ0n) is 16.5. The van der Waals surface area contributed by atoms with Gasteiger partial charge in [-0.05, 0) is 57.2 Å². The number of amides is 1. The van der Waals surface area contributed by atoms with E-state index in [2.05, 4.69) is 10.0 Å². The number of halogens is 1. The van der Waals surface area contributed by atoms with Crippen LogP contribution in [0.4, 0.5) is 10.1 Å². The van der Waals surface area contributed by atoms with Crippen LogP contribution in [0.5, 0.6) is 0 Å². The summed E-state index contributed by atoms with van der Waals surface area (Å²) in [6.07, 6.45) is 0. The fourth-order valence-electron chi connectivity index (χ4n) is 2.69. The molecule has 3 N–H and O–H groups in total. The number of anilines is 1. The number of benzene rings is 2. The predicted octanol–water partition coefficient (Wildman–Crippen LogP) is 1.55. The third kappa shape index (κ3) is 6.12. The van der Waals surface area contributed by atoms with E-state index in [0.717, 1.165) is 10.5 Å².